The van der Waals surface area contributed by atoms with E-state index in [0.717, 1.165) is 23.4 Å². The molecule has 1 atom stereocenters. The third kappa shape index (κ3) is 3.68. The Bertz CT molecular complexity index is 597. The lowest BCUT2D eigenvalue weighted by molar-refractivity contribution is -0.145. The summed E-state index contributed by atoms with van der Waals surface area (Å²) < 4.78 is 26.7. The number of nitrogens with zero attached hydrogens (tertiary/aromatic N) is 1. The maximum atomic E-state index is 11.8. The molecular formula is C11H17N3O4S2. The third-order valence-electron chi connectivity index (χ3n) is 2.95. The van der Waals surface area contributed by atoms with Gasteiger partial charge < -0.3 is 10.1 Å². The van der Waals surface area contributed by atoms with Crippen LogP contribution in [0.1, 0.15) is 29.8 Å². The van der Waals surface area contributed by atoms with Crippen LogP contribution in [0.15, 0.2) is 0 Å². The van der Waals surface area contributed by atoms with E-state index in [1.165, 1.54) is 11.3 Å². The summed E-state index contributed by atoms with van der Waals surface area (Å²) >= 11 is 1.45. The van der Waals surface area contributed by atoms with E-state index >= 15 is 0 Å². The SMILES string of the molecule is CCOC(=O)C1CCc2sc(NCCS(N)(=O)=O)nc21. The van der Waals surface area contributed by atoms with Gasteiger partial charge in [0.25, 0.3) is 0 Å². The van der Waals surface area contributed by atoms with E-state index in [2.05, 4.69) is 10.3 Å². The molecule has 1 unspecified atom stereocenters. The molecular weight excluding hydrogens is 302 g/mol. The summed E-state index contributed by atoms with van der Waals surface area (Å²) in [5.74, 6) is -0.693. The van der Waals surface area contributed by atoms with Crippen molar-refractivity contribution >= 4 is 32.5 Å². The number of hydrogen-bond acceptors (Lipinski definition) is 7. The summed E-state index contributed by atoms with van der Waals surface area (Å²) in [6, 6.07) is 0. The Morgan fingerprint density at radius 3 is 3.00 bits per heavy atom. The van der Waals surface area contributed by atoms with Gasteiger partial charge in [-0.2, -0.15) is 0 Å². The van der Waals surface area contributed by atoms with Gasteiger partial charge in [-0.15, -0.1) is 11.3 Å². The first-order valence-corrected chi connectivity index (χ1v) is 8.84. The van der Waals surface area contributed by atoms with Gasteiger partial charge in [-0.1, -0.05) is 0 Å². The Kier molecular flexibility index (Phi) is 4.61. The highest BCUT2D eigenvalue weighted by molar-refractivity contribution is 7.89. The maximum absolute atomic E-state index is 11.8. The zero-order chi connectivity index (χ0) is 14.8. The molecule has 1 aromatic heterocycles. The highest BCUT2D eigenvalue weighted by atomic mass is 32.2. The minimum Gasteiger partial charge on any atom is -0.465 e. The number of aryl methyl sites for hydroxylation is 1. The quantitative estimate of drug-likeness (QED) is 0.736. The van der Waals surface area contributed by atoms with Crippen molar-refractivity contribution in [2.24, 2.45) is 5.14 Å². The van der Waals surface area contributed by atoms with E-state index in [1.807, 2.05) is 0 Å². The summed E-state index contributed by atoms with van der Waals surface area (Å²) in [5.41, 5.74) is 0.756. The molecule has 0 aromatic carbocycles. The fourth-order valence-electron chi connectivity index (χ4n) is 2.08. The molecule has 0 radical (unpaired) electrons. The second-order valence-electron chi connectivity index (χ2n) is 4.46. The number of nitrogens with one attached hydrogen (secondary N) is 1. The number of nitrogens with two attached hydrogens (primary N) is 1. The second-order valence-corrected chi connectivity index (χ2v) is 7.28. The molecule has 2 rings (SSSR count). The van der Waals surface area contributed by atoms with E-state index in [4.69, 9.17) is 9.88 Å². The van der Waals surface area contributed by atoms with E-state index in [1.54, 1.807) is 6.92 Å². The van der Waals surface area contributed by atoms with Crippen LogP contribution in [0.25, 0.3) is 0 Å². The molecule has 3 N–H and O–H groups in total. The van der Waals surface area contributed by atoms with Crippen molar-refractivity contribution in [1.82, 2.24) is 4.98 Å². The largest absolute Gasteiger partial charge is 0.465 e. The molecule has 0 bridgehead atoms. The maximum Gasteiger partial charge on any atom is 0.315 e. The molecule has 1 aromatic rings. The molecule has 112 valence electrons. The molecule has 1 aliphatic carbocycles. The first-order chi connectivity index (χ1) is 9.40. The van der Waals surface area contributed by atoms with Crippen LogP contribution in [-0.4, -0.2) is 38.3 Å². The molecule has 1 heterocycles. The predicted molar refractivity (Wildman–Crippen MR) is 76.3 cm³/mol. The summed E-state index contributed by atoms with van der Waals surface area (Å²) in [4.78, 5) is 17.2. The first kappa shape index (κ1) is 15.2. The highest BCUT2D eigenvalue weighted by Crippen LogP contribution is 2.38. The predicted octanol–water partition coefficient (Wildman–Crippen LogP) is 0.436. The molecule has 20 heavy (non-hydrogen) atoms. The topological polar surface area (TPSA) is 111 Å². The number of fused-ring (bicyclic) bond motifs is 1. The molecule has 1 aliphatic rings. The number of rotatable bonds is 6. The van der Waals surface area contributed by atoms with Crippen molar-refractivity contribution in [3.8, 4) is 0 Å². The van der Waals surface area contributed by atoms with Crippen LogP contribution in [-0.2, 0) is 26.0 Å². The van der Waals surface area contributed by atoms with Crippen LogP contribution in [0, 0.1) is 0 Å². The van der Waals surface area contributed by atoms with Gasteiger partial charge in [0.2, 0.25) is 10.0 Å². The fraction of sp³-hybridized carbons (Fsp3) is 0.636. The summed E-state index contributed by atoms with van der Waals surface area (Å²) in [5, 5.41) is 8.46. The van der Waals surface area contributed by atoms with Gasteiger partial charge in [-0.3, -0.25) is 4.79 Å². The van der Waals surface area contributed by atoms with Gasteiger partial charge in [-0.25, -0.2) is 18.5 Å². The summed E-state index contributed by atoms with van der Waals surface area (Å²) in [6.07, 6.45) is 1.53. The Morgan fingerprint density at radius 1 is 1.60 bits per heavy atom. The van der Waals surface area contributed by atoms with Gasteiger partial charge in [0.05, 0.1) is 18.1 Å². The van der Waals surface area contributed by atoms with Crippen molar-refractivity contribution in [1.29, 1.82) is 0 Å². The van der Waals surface area contributed by atoms with Gasteiger partial charge >= 0.3 is 5.97 Å². The van der Waals surface area contributed by atoms with Gasteiger partial charge in [0.1, 0.15) is 5.92 Å². The lowest BCUT2D eigenvalue weighted by atomic mass is 10.1. The van der Waals surface area contributed by atoms with Gasteiger partial charge in [-0.05, 0) is 19.8 Å². The number of ether oxygens (including phenoxy) is 1. The van der Waals surface area contributed by atoms with Crippen LogP contribution in [0.3, 0.4) is 0 Å². The van der Waals surface area contributed by atoms with Gasteiger partial charge in [0, 0.05) is 11.4 Å². The first-order valence-electron chi connectivity index (χ1n) is 6.31. The Morgan fingerprint density at radius 2 is 2.35 bits per heavy atom. The lowest BCUT2D eigenvalue weighted by Crippen LogP contribution is -2.22. The van der Waals surface area contributed by atoms with E-state index in [-0.39, 0.29) is 24.2 Å². The molecule has 0 aliphatic heterocycles. The number of primary sulfonamides is 1. The Hall–Kier alpha value is -1.19. The molecule has 0 saturated heterocycles. The van der Waals surface area contributed by atoms with Crippen molar-refractivity contribution in [2.45, 2.75) is 25.7 Å². The minimum atomic E-state index is -3.48. The zero-order valence-electron chi connectivity index (χ0n) is 11.1. The average molecular weight is 319 g/mol. The zero-order valence-corrected chi connectivity index (χ0v) is 12.7. The average Bonchev–Trinajstić information content (AvgIpc) is 2.86. The number of sulfonamides is 1. The van der Waals surface area contributed by atoms with Crippen molar-refractivity contribution in [2.75, 3.05) is 24.2 Å². The standard InChI is InChI=1S/C11H17N3O4S2/c1-2-18-10(15)7-3-4-8-9(7)14-11(19-8)13-5-6-20(12,16)17/h7H,2-6H2,1H3,(H,13,14)(H2,12,16,17). The highest BCUT2D eigenvalue weighted by Gasteiger charge is 2.33. The molecule has 0 fully saturated rings. The van der Waals surface area contributed by atoms with E-state index < -0.39 is 10.0 Å². The molecule has 9 heteroatoms. The third-order valence-corrected chi connectivity index (χ3v) is 4.81. The van der Waals surface area contributed by atoms with Crippen LogP contribution in [0.5, 0.6) is 0 Å². The Labute approximate surface area is 121 Å². The molecule has 0 spiro atoms. The van der Waals surface area contributed by atoms with Crippen LogP contribution >= 0.6 is 11.3 Å². The second kappa shape index (κ2) is 6.06. The summed E-state index contributed by atoms with van der Waals surface area (Å²) in [7, 11) is -3.48. The number of carbonyl (C=O) groups excluding carboxylic acids is 1. The summed E-state index contributed by atoms with van der Waals surface area (Å²) in [6.45, 7) is 2.33. The number of anilines is 1. The fourth-order valence-corrected chi connectivity index (χ4v) is 3.53. The van der Waals surface area contributed by atoms with Crippen molar-refractivity contribution < 1.29 is 17.9 Å². The molecule has 7 nitrogen and oxygen atoms in total. The van der Waals surface area contributed by atoms with Crippen LogP contribution in [0.2, 0.25) is 0 Å². The normalized spacial score (nSPS) is 17.8. The van der Waals surface area contributed by atoms with Crippen LogP contribution in [0.4, 0.5) is 5.13 Å². The van der Waals surface area contributed by atoms with Crippen LogP contribution < -0.4 is 10.5 Å². The smallest absolute Gasteiger partial charge is 0.315 e. The van der Waals surface area contributed by atoms with E-state index in [9.17, 15) is 13.2 Å². The van der Waals surface area contributed by atoms with Gasteiger partial charge in [0.15, 0.2) is 5.13 Å². The number of thiazole rings is 1. The molecule has 0 amide bonds. The van der Waals surface area contributed by atoms with Crippen molar-refractivity contribution in [3.63, 3.8) is 0 Å². The minimum absolute atomic E-state index is 0.154. The van der Waals surface area contributed by atoms with E-state index in [0.29, 0.717) is 11.7 Å². The number of esters is 1. The number of aromatic nitrogens is 1. The lowest BCUT2D eigenvalue weighted by Gasteiger charge is -2.08. The Balaban J connectivity index is 1.99. The van der Waals surface area contributed by atoms with Crippen molar-refractivity contribution in [3.05, 3.63) is 10.6 Å². The number of hydrogen-bond donors (Lipinski definition) is 2. The number of carbonyl (C=O) groups is 1. The molecule has 0 saturated carbocycles. The monoisotopic (exact) mass is 319 g/mol.